The van der Waals surface area contributed by atoms with Crippen molar-refractivity contribution in [1.29, 1.82) is 0 Å². The lowest BCUT2D eigenvalue weighted by molar-refractivity contribution is 0.407. The topological polar surface area (TPSA) is 25.4 Å². The highest BCUT2D eigenvalue weighted by Gasteiger charge is 2.33. The first-order valence-electron chi connectivity index (χ1n) is 8.58. The molecule has 120 valence electrons. The summed E-state index contributed by atoms with van der Waals surface area (Å²) in [7, 11) is 0. The van der Waals surface area contributed by atoms with E-state index in [1.807, 2.05) is 24.3 Å². The maximum atomic E-state index is 13.4. The lowest BCUT2D eigenvalue weighted by Gasteiger charge is -2.17. The monoisotopic (exact) mass is 319 g/mol. The summed E-state index contributed by atoms with van der Waals surface area (Å²) in [4.78, 5) is 4.99. The number of benzene rings is 2. The number of halogens is 1. The van der Waals surface area contributed by atoms with Gasteiger partial charge in [-0.1, -0.05) is 30.3 Å². The molecule has 24 heavy (non-hydrogen) atoms. The second-order valence-electron chi connectivity index (χ2n) is 6.81. The van der Waals surface area contributed by atoms with Gasteiger partial charge in [-0.2, -0.15) is 0 Å². The van der Waals surface area contributed by atoms with E-state index in [4.69, 9.17) is 9.72 Å². The Morgan fingerprint density at radius 1 is 1.04 bits per heavy atom. The van der Waals surface area contributed by atoms with Gasteiger partial charge in [0.05, 0.1) is 18.2 Å². The molecule has 1 aliphatic heterocycles. The average Bonchev–Trinajstić information content (AvgIpc) is 3.49. The second kappa shape index (κ2) is 5.38. The van der Waals surface area contributed by atoms with Gasteiger partial charge in [-0.05, 0) is 47.7 Å². The summed E-state index contributed by atoms with van der Waals surface area (Å²) in [6.45, 7) is 0.833. The van der Waals surface area contributed by atoms with Crippen LogP contribution in [0.25, 0.3) is 22.0 Å². The van der Waals surface area contributed by atoms with Crippen LogP contribution >= 0.6 is 0 Å². The van der Waals surface area contributed by atoms with E-state index in [-0.39, 0.29) is 5.82 Å². The number of nitrogens with zero attached hydrogens (tertiary/aromatic N) is 1. The number of para-hydroxylation sites is 1. The van der Waals surface area contributed by atoms with E-state index >= 15 is 0 Å². The number of aromatic nitrogens is 1. The molecule has 1 atom stereocenters. The van der Waals surface area contributed by atoms with Gasteiger partial charge in [-0.15, -0.1) is 0 Å². The summed E-state index contributed by atoms with van der Waals surface area (Å²) >= 11 is 0. The lowest BCUT2D eigenvalue weighted by Crippen LogP contribution is -2.05. The number of rotatable bonds is 4. The summed E-state index contributed by atoms with van der Waals surface area (Å²) in [5.74, 6) is 0.370. The first-order valence-corrected chi connectivity index (χ1v) is 8.58. The Balaban J connectivity index is 1.81. The standard InChI is InChI=1S/C21H18FNO/c22-15-9-7-13(8-10-15)20-17-3-1-2-4-19(17)23-21(14-5-6-14)18(20)11-16-12-24-16/h1-4,7-10,14,16H,5-6,11-12H2. The highest BCUT2D eigenvalue weighted by atomic mass is 19.1. The van der Waals surface area contributed by atoms with Crippen LogP contribution in [0.2, 0.25) is 0 Å². The molecule has 2 aliphatic rings. The second-order valence-corrected chi connectivity index (χ2v) is 6.81. The van der Waals surface area contributed by atoms with Crippen LogP contribution in [0.3, 0.4) is 0 Å². The molecule has 1 saturated heterocycles. The lowest BCUT2D eigenvalue weighted by atomic mass is 9.90. The van der Waals surface area contributed by atoms with Gasteiger partial charge in [0.1, 0.15) is 5.82 Å². The van der Waals surface area contributed by atoms with Crippen LogP contribution in [0.4, 0.5) is 4.39 Å². The molecule has 2 nitrogen and oxygen atoms in total. The minimum absolute atomic E-state index is 0.202. The van der Waals surface area contributed by atoms with Gasteiger partial charge in [-0.25, -0.2) is 4.39 Å². The quantitative estimate of drug-likeness (QED) is 0.642. The number of ether oxygens (including phenoxy) is 1. The summed E-state index contributed by atoms with van der Waals surface area (Å²) in [6, 6.07) is 15.1. The van der Waals surface area contributed by atoms with Crippen molar-refractivity contribution in [3.63, 3.8) is 0 Å². The number of hydrogen-bond acceptors (Lipinski definition) is 2. The highest BCUT2D eigenvalue weighted by molar-refractivity contribution is 5.96. The maximum Gasteiger partial charge on any atom is 0.123 e. The molecule has 0 bridgehead atoms. The fourth-order valence-electron chi connectivity index (χ4n) is 3.53. The van der Waals surface area contributed by atoms with Gasteiger partial charge in [0.25, 0.3) is 0 Å². The van der Waals surface area contributed by atoms with Crippen LogP contribution < -0.4 is 0 Å². The number of fused-ring (bicyclic) bond motifs is 1. The Kier molecular flexibility index (Phi) is 3.17. The zero-order valence-corrected chi connectivity index (χ0v) is 13.3. The van der Waals surface area contributed by atoms with Crippen LogP contribution in [0, 0.1) is 5.82 Å². The van der Waals surface area contributed by atoms with Crippen molar-refractivity contribution in [1.82, 2.24) is 4.98 Å². The van der Waals surface area contributed by atoms with Gasteiger partial charge in [0, 0.05) is 23.4 Å². The van der Waals surface area contributed by atoms with Gasteiger partial charge >= 0.3 is 0 Å². The first-order chi connectivity index (χ1) is 11.8. The Hall–Kier alpha value is -2.26. The van der Waals surface area contributed by atoms with Crippen molar-refractivity contribution in [2.45, 2.75) is 31.3 Å². The molecule has 0 amide bonds. The van der Waals surface area contributed by atoms with Crippen molar-refractivity contribution >= 4 is 10.9 Å². The smallest absolute Gasteiger partial charge is 0.123 e. The molecule has 5 rings (SSSR count). The van der Waals surface area contributed by atoms with Gasteiger partial charge in [-0.3, -0.25) is 4.98 Å². The normalized spacial score (nSPS) is 19.6. The van der Waals surface area contributed by atoms with E-state index in [1.165, 1.54) is 29.7 Å². The molecule has 3 aromatic rings. The van der Waals surface area contributed by atoms with Gasteiger partial charge in [0.15, 0.2) is 0 Å². The molecule has 0 N–H and O–H groups in total. The SMILES string of the molecule is Fc1ccc(-c2c(CC3CO3)c(C3CC3)nc3ccccc23)cc1. The van der Waals surface area contributed by atoms with Crippen molar-refractivity contribution in [2.24, 2.45) is 0 Å². The molecule has 2 aromatic carbocycles. The van der Waals surface area contributed by atoms with Gasteiger partial charge < -0.3 is 4.74 Å². The van der Waals surface area contributed by atoms with E-state index in [0.29, 0.717) is 12.0 Å². The summed E-state index contributed by atoms with van der Waals surface area (Å²) < 4.78 is 18.9. The maximum absolute atomic E-state index is 13.4. The molecule has 2 fully saturated rings. The van der Waals surface area contributed by atoms with Crippen molar-refractivity contribution < 1.29 is 9.13 Å². The molecule has 2 heterocycles. The van der Waals surface area contributed by atoms with E-state index < -0.39 is 0 Å². The fourth-order valence-corrected chi connectivity index (χ4v) is 3.53. The molecule has 1 unspecified atom stereocenters. The van der Waals surface area contributed by atoms with Crippen LogP contribution in [-0.2, 0) is 11.2 Å². The largest absolute Gasteiger partial charge is 0.373 e. The van der Waals surface area contributed by atoms with E-state index in [1.54, 1.807) is 12.1 Å². The number of epoxide rings is 1. The zero-order chi connectivity index (χ0) is 16.1. The molecular formula is C21H18FNO. The predicted molar refractivity (Wildman–Crippen MR) is 92.6 cm³/mol. The highest BCUT2D eigenvalue weighted by Crippen LogP contribution is 2.45. The molecule has 3 heteroatoms. The van der Waals surface area contributed by atoms with Crippen molar-refractivity contribution in [3.8, 4) is 11.1 Å². The summed E-state index contributed by atoms with van der Waals surface area (Å²) in [6.07, 6.45) is 3.64. The minimum Gasteiger partial charge on any atom is -0.373 e. The van der Waals surface area contributed by atoms with Crippen molar-refractivity contribution in [3.05, 3.63) is 65.6 Å². The third-order valence-corrected chi connectivity index (χ3v) is 4.96. The molecular weight excluding hydrogens is 301 g/mol. The zero-order valence-electron chi connectivity index (χ0n) is 13.3. The van der Waals surface area contributed by atoms with E-state index in [2.05, 4.69) is 12.1 Å². The Bertz CT molecular complexity index is 911. The fraction of sp³-hybridized carbons (Fsp3) is 0.286. The Morgan fingerprint density at radius 3 is 2.50 bits per heavy atom. The first kappa shape index (κ1) is 14.1. The average molecular weight is 319 g/mol. The Morgan fingerprint density at radius 2 is 1.79 bits per heavy atom. The van der Waals surface area contributed by atoms with Crippen molar-refractivity contribution in [2.75, 3.05) is 6.61 Å². The molecule has 1 aromatic heterocycles. The molecule has 1 aliphatic carbocycles. The predicted octanol–water partition coefficient (Wildman–Crippen LogP) is 4.86. The van der Waals surface area contributed by atoms with E-state index in [9.17, 15) is 4.39 Å². The molecule has 1 saturated carbocycles. The van der Waals surface area contributed by atoms with Gasteiger partial charge in [0.2, 0.25) is 0 Å². The van der Waals surface area contributed by atoms with Crippen LogP contribution in [0.5, 0.6) is 0 Å². The third kappa shape index (κ3) is 2.49. The van der Waals surface area contributed by atoms with Crippen LogP contribution in [-0.4, -0.2) is 17.7 Å². The van der Waals surface area contributed by atoms with E-state index in [0.717, 1.165) is 29.5 Å². The van der Waals surface area contributed by atoms with Crippen LogP contribution in [0.15, 0.2) is 48.5 Å². The number of pyridine rings is 1. The molecule has 0 spiro atoms. The van der Waals surface area contributed by atoms with Crippen LogP contribution in [0.1, 0.15) is 30.0 Å². The Labute approximate surface area is 140 Å². The number of hydrogen-bond donors (Lipinski definition) is 0. The summed E-state index contributed by atoms with van der Waals surface area (Å²) in [5.41, 5.74) is 5.82. The summed E-state index contributed by atoms with van der Waals surface area (Å²) in [5, 5.41) is 1.14. The minimum atomic E-state index is -0.202. The molecule has 0 radical (unpaired) electrons. The third-order valence-electron chi connectivity index (χ3n) is 4.96.